The summed E-state index contributed by atoms with van der Waals surface area (Å²) in [7, 11) is 0. The Hall–Kier alpha value is -2.24. The van der Waals surface area contributed by atoms with Crippen LogP contribution in [0.25, 0.3) is 6.08 Å². The van der Waals surface area contributed by atoms with Crippen LogP contribution in [0.1, 0.15) is 15.9 Å². The summed E-state index contributed by atoms with van der Waals surface area (Å²) in [5.74, 6) is 1.74. The first-order chi connectivity index (χ1) is 11.8. The highest BCUT2D eigenvalue weighted by Crippen LogP contribution is 2.34. The lowest BCUT2D eigenvalue weighted by molar-refractivity contribution is 0.0976. The normalized spacial score (nSPS) is 18.3. The zero-order chi connectivity index (χ0) is 16.4. The topological polar surface area (TPSA) is 41.6 Å². The molecule has 0 aliphatic carbocycles. The van der Waals surface area contributed by atoms with E-state index in [0.717, 1.165) is 29.4 Å². The molecule has 4 rings (SSSR count). The highest BCUT2D eigenvalue weighted by molar-refractivity contribution is 8.03. The van der Waals surface area contributed by atoms with Gasteiger partial charge in [0.2, 0.25) is 0 Å². The average Bonchev–Trinajstić information content (AvgIpc) is 3.14. The van der Waals surface area contributed by atoms with Crippen molar-refractivity contribution in [2.75, 3.05) is 30.5 Å². The number of nitrogens with zero attached hydrogens (tertiary/aromatic N) is 1. The highest BCUT2D eigenvalue weighted by atomic mass is 32.2. The molecule has 0 atom stereocenters. The van der Waals surface area contributed by atoms with Gasteiger partial charge in [0.1, 0.15) is 12.4 Å². The summed E-state index contributed by atoms with van der Waals surface area (Å²) >= 11 is 1.82. The number of ether oxygens (including phenoxy) is 1. The van der Waals surface area contributed by atoms with E-state index in [9.17, 15) is 4.79 Å². The molecule has 2 aliphatic rings. The van der Waals surface area contributed by atoms with E-state index in [2.05, 4.69) is 11.4 Å². The molecule has 2 aromatic rings. The summed E-state index contributed by atoms with van der Waals surface area (Å²) in [6.45, 7) is 1.99. The van der Waals surface area contributed by atoms with E-state index in [1.54, 1.807) is 0 Å². The summed E-state index contributed by atoms with van der Waals surface area (Å²) in [4.78, 5) is 16.0. The van der Waals surface area contributed by atoms with Crippen molar-refractivity contribution in [3.8, 4) is 5.75 Å². The van der Waals surface area contributed by atoms with Gasteiger partial charge in [-0.15, -0.1) is 11.8 Å². The molecule has 2 aliphatic heterocycles. The predicted octanol–water partition coefficient (Wildman–Crippen LogP) is 3.36. The van der Waals surface area contributed by atoms with E-state index >= 15 is 0 Å². The third kappa shape index (κ3) is 3.05. The number of hydrogen-bond acceptors (Lipinski definition) is 4. The molecule has 122 valence electrons. The standard InChI is InChI=1S/C19H18N2O2S/c22-19(15-4-2-1-3-5-15)21-8-9-23-18-7-6-14(11-17(18)21)10-16-12-20-13-24-16/h1-7,10-11,20H,8-9,12-13H2. The maximum Gasteiger partial charge on any atom is 0.258 e. The number of carbonyl (C=O) groups excluding carboxylic acids is 1. The Balaban J connectivity index is 1.68. The highest BCUT2D eigenvalue weighted by Gasteiger charge is 2.24. The molecule has 1 N–H and O–H groups in total. The molecule has 4 nitrogen and oxygen atoms in total. The van der Waals surface area contributed by atoms with Gasteiger partial charge in [0.15, 0.2) is 0 Å². The number of thioether (sulfide) groups is 1. The van der Waals surface area contributed by atoms with E-state index in [-0.39, 0.29) is 5.91 Å². The van der Waals surface area contributed by atoms with E-state index in [1.807, 2.05) is 65.2 Å². The smallest absolute Gasteiger partial charge is 0.258 e. The monoisotopic (exact) mass is 338 g/mol. The zero-order valence-corrected chi connectivity index (χ0v) is 14.0. The number of nitrogens with one attached hydrogen (secondary N) is 1. The molecule has 0 bridgehead atoms. The van der Waals surface area contributed by atoms with Gasteiger partial charge in [-0.05, 0) is 35.9 Å². The fourth-order valence-electron chi connectivity index (χ4n) is 2.92. The Morgan fingerprint density at radius 1 is 1.21 bits per heavy atom. The minimum absolute atomic E-state index is 0.0156. The van der Waals surface area contributed by atoms with Gasteiger partial charge in [-0.2, -0.15) is 0 Å². The van der Waals surface area contributed by atoms with Crippen LogP contribution in [0.2, 0.25) is 0 Å². The first-order valence-electron chi connectivity index (χ1n) is 7.99. The molecular weight excluding hydrogens is 320 g/mol. The number of rotatable bonds is 2. The second-order valence-corrected chi connectivity index (χ2v) is 6.83. The first kappa shape index (κ1) is 15.3. The zero-order valence-electron chi connectivity index (χ0n) is 13.2. The number of hydrogen-bond donors (Lipinski definition) is 1. The Labute approximate surface area is 145 Å². The van der Waals surface area contributed by atoms with Crippen LogP contribution in [0.15, 0.2) is 53.4 Å². The molecule has 0 spiro atoms. The lowest BCUT2D eigenvalue weighted by Gasteiger charge is -2.30. The number of carbonyl (C=O) groups is 1. The molecule has 1 saturated heterocycles. The van der Waals surface area contributed by atoms with Crippen molar-refractivity contribution in [3.05, 3.63) is 64.6 Å². The van der Waals surface area contributed by atoms with Crippen LogP contribution in [-0.2, 0) is 0 Å². The molecule has 24 heavy (non-hydrogen) atoms. The van der Waals surface area contributed by atoms with Gasteiger partial charge in [-0.25, -0.2) is 0 Å². The molecule has 0 unspecified atom stereocenters. The Kier molecular flexibility index (Phi) is 4.28. The largest absolute Gasteiger partial charge is 0.490 e. The predicted molar refractivity (Wildman–Crippen MR) is 98.5 cm³/mol. The Bertz CT molecular complexity index is 781. The van der Waals surface area contributed by atoms with Crippen molar-refractivity contribution in [3.63, 3.8) is 0 Å². The fraction of sp³-hybridized carbons (Fsp3) is 0.211. The van der Waals surface area contributed by atoms with E-state index in [4.69, 9.17) is 4.74 Å². The molecule has 0 aromatic heterocycles. The molecular formula is C19H18N2O2S. The quantitative estimate of drug-likeness (QED) is 0.912. The maximum atomic E-state index is 12.9. The van der Waals surface area contributed by atoms with Crippen molar-refractivity contribution >= 4 is 29.4 Å². The van der Waals surface area contributed by atoms with Gasteiger partial charge in [0.25, 0.3) is 5.91 Å². The molecule has 1 fully saturated rings. The van der Waals surface area contributed by atoms with Crippen LogP contribution in [-0.4, -0.2) is 31.5 Å². The van der Waals surface area contributed by atoms with Crippen LogP contribution < -0.4 is 15.0 Å². The second-order valence-electron chi connectivity index (χ2n) is 5.72. The van der Waals surface area contributed by atoms with Gasteiger partial charge in [-0.3, -0.25) is 4.79 Å². The maximum absolute atomic E-state index is 12.9. The van der Waals surface area contributed by atoms with Crippen LogP contribution in [0.4, 0.5) is 5.69 Å². The van der Waals surface area contributed by atoms with Crippen LogP contribution in [0.5, 0.6) is 5.75 Å². The summed E-state index contributed by atoms with van der Waals surface area (Å²) in [6, 6.07) is 15.4. The Morgan fingerprint density at radius 3 is 2.88 bits per heavy atom. The summed E-state index contributed by atoms with van der Waals surface area (Å²) in [5, 5.41) is 3.31. The first-order valence-corrected chi connectivity index (χ1v) is 8.98. The minimum atomic E-state index is 0.0156. The molecule has 2 aromatic carbocycles. The average molecular weight is 338 g/mol. The fourth-order valence-corrected chi connectivity index (χ4v) is 3.73. The minimum Gasteiger partial charge on any atom is -0.490 e. The van der Waals surface area contributed by atoms with Gasteiger partial charge >= 0.3 is 0 Å². The molecule has 2 heterocycles. The summed E-state index contributed by atoms with van der Waals surface area (Å²) in [6.07, 6.45) is 2.17. The third-order valence-electron chi connectivity index (χ3n) is 4.10. The van der Waals surface area contributed by atoms with E-state index in [1.165, 1.54) is 4.91 Å². The van der Waals surface area contributed by atoms with Gasteiger partial charge in [-0.1, -0.05) is 24.3 Å². The molecule has 1 amide bonds. The number of amides is 1. The van der Waals surface area contributed by atoms with Crippen molar-refractivity contribution in [2.45, 2.75) is 0 Å². The van der Waals surface area contributed by atoms with E-state index < -0.39 is 0 Å². The third-order valence-corrected chi connectivity index (χ3v) is 5.08. The van der Waals surface area contributed by atoms with Crippen LogP contribution in [0, 0.1) is 0 Å². The van der Waals surface area contributed by atoms with Crippen molar-refractivity contribution in [1.29, 1.82) is 0 Å². The number of benzene rings is 2. The Morgan fingerprint density at radius 2 is 2.08 bits per heavy atom. The van der Waals surface area contributed by atoms with Gasteiger partial charge in [0, 0.05) is 22.9 Å². The SMILES string of the molecule is O=C(c1ccccc1)N1CCOc2ccc(C=C3CNCS3)cc21. The van der Waals surface area contributed by atoms with Gasteiger partial charge < -0.3 is 15.0 Å². The molecule has 0 radical (unpaired) electrons. The van der Waals surface area contributed by atoms with Crippen molar-refractivity contribution in [1.82, 2.24) is 5.32 Å². The van der Waals surface area contributed by atoms with Crippen LogP contribution >= 0.6 is 11.8 Å². The van der Waals surface area contributed by atoms with Gasteiger partial charge in [0.05, 0.1) is 12.2 Å². The second kappa shape index (κ2) is 6.71. The number of anilines is 1. The molecule has 0 saturated carbocycles. The van der Waals surface area contributed by atoms with Crippen molar-refractivity contribution in [2.24, 2.45) is 0 Å². The summed E-state index contributed by atoms with van der Waals surface area (Å²) in [5.41, 5.74) is 2.64. The van der Waals surface area contributed by atoms with Crippen LogP contribution in [0.3, 0.4) is 0 Å². The van der Waals surface area contributed by atoms with E-state index in [0.29, 0.717) is 18.7 Å². The van der Waals surface area contributed by atoms with Crippen molar-refractivity contribution < 1.29 is 9.53 Å². The molecule has 5 heteroatoms. The lowest BCUT2D eigenvalue weighted by Crippen LogP contribution is -2.38. The summed E-state index contributed by atoms with van der Waals surface area (Å²) < 4.78 is 5.73. The number of fused-ring (bicyclic) bond motifs is 1. The lowest BCUT2D eigenvalue weighted by atomic mass is 10.1.